The van der Waals surface area contributed by atoms with E-state index in [-0.39, 0.29) is 0 Å². The first-order valence-electron chi connectivity index (χ1n) is 6.71. The fraction of sp³-hybridized carbons (Fsp3) is 0.400. The highest BCUT2D eigenvalue weighted by atomic mass is 16.5. The van der Waals surface area contributed by atoms with Gasteiger partial charge in [-0.15, -0.1) is 0 Å². The van der Waals surface area contributed by atoms with Crippen LogP contribution in [-0.2, 0) is 6.42 Å². The summed E-state index contributed by atoms with van der Waals surface area (Å²) in [6.45, 7) is 2.81. The van der Waals surface area contributed by atoms with Gasteiger partial charge in [0.2, 0.25) is 0 Å². The number of nitrogens with one attached hydrogen (secondary N) is 1. The maximum atomic E-state index is 5.77. The Hall–Kier alpha value is -1.61. The summed E-state index contributed by atoms with van der Waals surface area (Å²) in [5, 5.41) is 5.90. The van der Waals surface area contributed by atoms with E-state index in [1.54, 1.807) is 0 Å². The van der Waals surface area contributed by atoms with Crippen LogP contribution >= 0.6 is 0 Å². The number of fused-ring (bicyclic) bond motifs is 4. The number of ether oxygens (including phenoxy) is 1. The number of nitrogens with zero attached hydrogens (tertiary/aromatic N) is 1. The molecule has 3 aliphatic rings. The van der Waals surface area contributed by atoms with Gasteiger partial charge in [-0.2, -0.15) is 0 Å². The van der Waals surface area contributed by atoms with Gasteiger partial charge in [-0.1, -0.05) is 0 Å². The summed E-state index contributed by atoms with van der Waals surface area (Å²) in [6.07, 6.45) is 5.52. The normalized spacial score (nSPS) is 20.9. The molecule has 1 aromatic rings. The fourth-order valence-corrected chi connectivity index (χ4v) is 3.09. The second-order valence-electron chi connectivity index (χ2n) is 5.02. The van der Waals surface area contributed by atoms with Crippen LogP contribution in [0.2, 0.25) is 0 Å². The standard InChI is InChI=1S/C15H16N2O/c1-2-11-14(18-9-1)4-3-13-15(11)10-5-7-16-8-6-12(10)17-13/h3-4,6,16H,1-2,5,7-9H2. The van der Waals surface area contributed by atoms with Gasteiger partial charge >= 0.3 is 0 Å². The van der Waals surface area contributed by atoms with Crippen LogP contribution in [0.4, 0.5) is 0 Å². The Morgan fingerprint density at radius 2 is 2.22 bits per heavy atom. The summed E-state index contributed by atoms with van der Waals surface area (Å²) < 4.78 is 5.77. The van der Waals surface area contributed by atoms with Gasteiger partial charge in [0.05, 0.1) is 17.7 Å². The molecule has 0 amide bonds. The summed E-state index contributed by atoms with van der Waals surface area (Å²) in [4.78, 5) is 4.77. The predicted octanol–water partition coefficient (Wildman–Crippen LogP) is 0.673. The van der Waals surface area contributed by atoms with E-state index in [4.69, 9.17) is 9.73 Å². The summed E-state index contributed by atoms with van der Waals surface area (Å²) in [6, 6.07) is 4.19. The van der Waals surface area contributed by atoms with Crippen molar-refractivity contribution in [1.82, 2.24) is 5.32 Å². The highest BCUT2D eigenvalue weighted by Gasteiger charge is 2.20. The Morgan fingerprint density at radius 3 is 3.22 bits per heavy atom. The average Bonchev–Trinajstić information content (AvgIpc) is 2.61. The molecule has 0 aromatic heterocycles. The second kappa shape index (κ2) is 3.95. The van der Waals surface area contributed by atoms with Crippen LogP contribution in [-0.4, -0.2) is 19.7 Å². The molecule has 3 aliphatic heterocycles. The predicted molar refractivity (Wildman–Crippen MR) is 70.0 cm³/mol. The highest BCUT2D eigenvalue weighted by Crippen LogP contribution is 2.25. The zero-order chi connectivity index (χ0) is 11.9. The lowest BCUT2D eigenvalue weighted by molar-refractivity contribution is 0.287. The molecule has 0 fully saturated rings. The molecule has 3 heteroatoms. The maximum Gasteiger partial charge on any atom is 0.123 e. The van der Waals surface area contributed by atoms with Crippen LogP contribution in [0, 0.1) is 0 Å². The van der Waals surface area contributed by atoms with Crippen molar-refractivity contribution in [2.75, 3.05) is 19.7 Å². The quantitative estimate of drug-likeness (QED) is 0.723. The third-order valence-electron chi connectivity index (χ3n) is 3.92. The molecule has 18 heavy (non-hydrogen) atoms. The van der Waals surface area contributed by atoms with Gasteiger partial charge in [0, 0.05) is 17.3 Å². The lowest BCUT2D eigenvalue weighted by Gasteiger charge is -2.17. The molecule has 0 radical (unpaired) electrons. The molecular weight excluding hydrogens is 224 g/mol. The second-order valence-corrected chi connectivity index (χ2v) is 5.02. The van der Waals surface area contributed by atoms with Gasteiger partial charge in [-0.3, -0.25) is 0 Å². The molecule has 0 spiro atoms. The van der Waals surface area contributed by atoms with Crippen LogP contribution in [0.3, 0.4) is 0 Å². The molecule has 0 unspecified atom stereocenters. The van der Waals surface area contributed by atoms with E-state index in [0.717, 1.165) is 50.1 Å². The smallest absolute Gasteiger partial charge is 0.123 e. The van der Waals surface area contributed by atoms with Crippen molar-refractivity contribution in [1.29, 1.82) is 0 Å². The third-order valence-corrected chi connectivity index (χ3v) is 3.92. The van der Waals surface area contributed by atoms with Crippen molar-refractivity contribution < 1.29 is 4.74 Å². The molecule has 0 bridgehead atoms. The van der Waals surface area contributed by atoms with Crippen molar-refractivity contribution in [2.24, 2.45) is 4.99 Å². The van der Waals surface area contributed by atoms with Gasteiger partial charge in [-0.25, -0.2) is 4.99 Å². The molecule has 3 heterocycles. The number of hydrogen-bond acceptors (Lipinski definition) is 3. The van der Waals surface area contributed by atoms with Gasteiger partial charge in [-0.05, 0) is 49.6 Å². The van der Waals surface area contributed by atoms with E-state index in [0.29, 0.717) is 0 Å². The minimum Gasteiger partial charge on any atom is -0.493 e. The van der Waals surface area contributed by atoms with Crippen molar-refractivity contribution in [3.63, 3.8) is 0 Å². The number of allylic oxidation sites excluding steroid dienone is 1. The monoisotopic (exact) mass is 240 g/mol. The molecule has 0 saturated heterocycles. The topological polar surface area (TPSA) is 33.6 Å². The number of rotatable bonds is 0. The van der Waals surface area contributed by atoms with Crippen molar-refractivity contribution in [3.05, 3.63) is 40.0 Å². The molecule has 0 saturated carbocycles. The summed E-state index contributed by atoms with van der Waals surface area (Å²) in [5.74, 6) is 1.07. The van der Waals surface area contributed by atoms with Crippen LogP contribution in [0.25, 0.3) is 5.57 Å². The van der Waals surface area contributed by atoms with Crippen LogP contribution < -0.4 is 20.6 Å². The van der Waals surface area contributed by atoms with Gasteiger partial charge in [0.25, 0.3) is 0 Å². The van der Waals surface area contributed by atoms with Crippen molar-refractivity contribution in [2.45, 2.75) is 19.3 Å². The first-order chi connectivity index (χ1) is 8.93. The van der Waals surface area contributed by atoms with E-state index >= 15 is 0 Å². The largest absolute Gasteiger partial charge is 0.493 e. The van der Waals surface area contributed by atoms with Crippen LogP contribution in [0.5, 0.6) is 5.75 Å². The number of benzene rings is 1. The zero-order valence-corrected chi connectivity index (χ0v) is 10.3. The van der Waals surface area contributed by atoms with E-state index in [1.807, 2.05) is 0 Å². The molecule has 1 aromatic carbocycles. The van der Waals surface area contributed by atoms with Gasteiger partial charge in [0.15, 0.2) is 0 Å². The van der Waals surface area contributed by atoms with E-state index in [2.05, 4.69) is 23.5 Å². The Balaban J connectivity index is 2.05. The Kier molecular flexibility index (Phi) is 2.27. The van der Waals surface area contributed by atoms with E-state index in [9.17, 15) is 0 Å². The van der Waals surface area contributed by atoms with Gasteiger partial charge < -0.3 is 10.1 Å². The van der Waals surface area contributed by atoms with Gasteiger partial charge in [0.1, 0.15) is 5.75 Å². The minimum atomic E-state index is 0.850. The number of hydrogen-bond donors (Lipinski definition) is 1. The fourth-order valence-electron chi connectivity index (χ4n) is 3.09. The average molecular weight is 240 g/mol. The zero-order valence-electron chi connectivity index (χ0n) is 10.3. The van der Waals surface area contributed by atoms with E-state index in [1.165, 1.54) is 22.1 Å². The highest BCUT2D eigenvalue weighted by molar-refractivity contribution is 5.68. The lowest BCUT2D eigenvalue weighted by atomic mass is 9.98. The SMILES string of the molecule is C1=C2N=c3ccc4c(c3=C2CCNC1)CCCO4. The van der Waals surface area contributed by atoms with Crippen LogP contribution in [0.15, 0.2) is 28.9 Å². The summed E-state index contributed by atoms with van der Waals surface area (Å²) in [7, 11) is 0. The molecule has 0 atom stereocenters. The Morgan fingerprint density at radius 1 is 1.22 bits per heavy atom. The van der Waals surface area contributed by atoms with Crippen LogP contribution in [0.1, 0.15) is 18.4 Å². The molecule has 4 rings (SSSR count). The molecule has 0 aliphatic carbocycles. The maximum absolute atomic E-state index is 5.77. The third kappa shape index (κ3) is 1.44. The lowest BCUT2D eigenvalue weighted by Crippen LogP contribution is -2.31. The molecule has 3 nitrogen and oxygen atoms in total. The molecule has 92 valence electrons. The Labute approximate surface area is 106 Å². The summed E-state index contributed by atoms with van der Waals surface area (Å²) in [5.41, 5.74) is 3.97. The van der Waals surface area contributed by atoms with Crippen molar-refractivity contribution in [3.8, 4) is 5.75 Å². The first kappa shape index (κ1) is 10.3. The summed E-state index contributed by atoms with van der Waals surface area (Å²) >= 11 is 0. The van der Waals surface area contributed by atoms with E-state index < -0.39 is 0 Å². The molecule has 1 N–H and O–H groups in total. The Bertz CT molecular complexity index is 658. The minimum absolute atomic E-state index is 0.850. The van der Waals surface area contributed by atoms with Crippen molar-refractivity contribution >= 4 is 5.57 Å². The molecular formula is C15H16N2O. The first-order valence-corrected chi connectivity index (χ1v) is 6.71.